The highest BCUT2D eigenvalue weighted by Crippen LogP contribution is 2.07. The summed E-state index contributed by atoms with van der Waals surface area (Å²) in [5, 5.41) is 3.27. The normalized spacial score (nSPS) is 15.6. The summed E-state index contributed by atoms with van der Waals surface area (Å²) >= 11 is 0. The van der Waals surface area contributed by atoms with Gasteiger partial charge in [0.25, 0.3) is 0 Å². The molecule has 0 unspecified atom stereocenters. The van der Waals surface area contributed by atoms with Crippen molar-refractivity contribution in [1.82, 2.24) is 15.1 Å². The van der Waals surface area contributed by atoms with E-state index in [-0.39, 0.29) is 5.91 Å². The van der Waals surface area contributed by atoms with E-state index >= 15 is 0 Å². The monoisotopic (exact) mass is 253 g/mol. The molecule has 0 spiro atoms. The smallest absolute Gasteiger partial charge is 0.237 e. The van der Waals surface area contributed by atoms with Crippen LogP contribution in [0.4, 0.5) is 0 Å². The second kappa shape index (κ2) is 7.54. The molecule has 1 heterocycles. The number of likely N-dealkylation sites (N-methyl/N-ethyl adjacent to an activating group) is 1. The summed E-state index contributed by atoms with van der Waals surface area (Å²) in [5.74, 6) is 0.223. The molecule has 0 bridgehead atoms. The molecule has 1 aliphatic rings. The molecule has 1 saturated heterocycles. The Morgan fingerprint density at radius 2 is 2.00 bits per heavy atom. The minimum atomic E-state index is 0.223. The van der Waals surface area contributed by atoms with Gasteiger partial charge in [-0.3, -0.25) is 9.69 Å². The van der Waals surface area contributed by atoms with Crippen molar-refractivity contribution in [3.63, 3.8) is 0 Å². The zero-order valence-corrected chi connectivity index (χ0v) is 12.0. The molecule has 1 fully saturated rings. The van der Waals surface area contributed by atoms with Crippen LogP contribution in [0.1, 0.15) is 27.2 Å². The van der Waals surface area contributed by atoms with Gasteiger partial charge in [-0.25, -0.2) is 0 Å². The Kier molecular flexibility index (Phi) is 6.36. The van der Waals surface area contributed by atoms with Crippen LogP contribution in [0.15, 0.2) is 12.2 Å². The van der Waals surface area contributed by atoms with Crippen LogP contribution in [0.3, 0.4) is 0 Å². The summed E-state index contributed by atoms with van der Waals surface area (Å²) in [5.41, 5.74) is 1.04. The van der Waals surface area contributed by atoms with Gasteiger partial charge in [0.2, 0.25) is 5.91 Å². The van der Waals surface area contributed by atoms with Crippen LogP contribution >= 0.6 is 0 Å². The van der Waals surface area contributed by atoms with E-state index in [0.717, 1.165) is 38.2 Å². The molecular weight excluding hydrogens is 226 g/mol. The minimum absolute atomic E-state index is 0.223. The van der Waals surface area contributed by atoms with Crippen molar-refractivity contribution in [2.24, 2.45) is 0 Å². The maximum atomic E-state index is 12.3. The standard InChI is InChI=1S/C14H27N3O/c1-5-7-17(13-8-15-9-13)11-14(18)16(6-2)10-12(3)4/h13,15H,3,5-11H2,1-2,4H3. The van der Waals surface area contributed by atoms with Crippen LogP contribution in [-0.2, 0) is 4.79 Å². The fourth-order valence-corrected chi connectivity index (χ4v) is 2.19. The van der Waals surface area contributed by atoms with Crippen LogP contribution in [0, 0.1) is 0 Å². The van der Waals surface area contributed by atoms with E-state index in [9.17, 15) is 4.79 Å². The molecule has 1 rings (SSSR count). The highest BCUT2D eigenvalue weighted by molar-refractivity contribution is 5.78. The molecule has 0 aromatic rings. The number of nitrogens with zero attached hydrogens (tertiary/aromatic N) is 2. The van der Waals surface area contributed by atoms with Gasteiger partial charge in [-0.2, -0.15) is 0 Å². The number of hydrogen-bond donors (Lipinski definition) is 1. The Balaban J connectivity index is 2.49. The van der Waals surface area contributed by atoms with Crippen molar-refractivity contribution in [2.45, 2.75) is 33.2 Å². The number of carbonyl (C=O) groups is 1. The molecule has 4 heteroatoms. The van der Waals surface area contributed by atoms with E-state index < -0.39 is 0 Å². The topological polar surface area (TPSA) is 35.6 Å². The molecule has 0 aromatic heterocycles. The Hall–Kier alpha value is -0.870. The lowest BCUT2D eigenvalue weighted by Gasteiger charge is -2.38. The molecule has 104 valence electrons. The molecule has 0 aromatic carbocycles. The second-order valence-corrected chi connectivity index (χ2v) is 5.15. The summed E-state index contributed by atoms with van der Waals surface area (Å²) in [4.78, 5) is 16.5. The predicted molar refractivity (Wildman–Crippen MR) is 75.6 cm³/mol. The highest BCUT2D eigenvalue weighted by Gasteiger charge is 2.26. The first kappa shape index (κ1) is 15.2. The van der Waals surface area contributed by atoms with Gasteiger partial charge >= 0.3 is 0 Å². The maximum Gasteiger partial charge on any atom is 0.237 e. The van der Waals surface area contributed by atoms with Crippen molar-refractivity contribution in [2.75, 3.05) is 39.3 Å². The maximum absolute atomic E-state index is 12.3. The minimum Gasteiger partial charge on any atom is -0.338 e. The average Bonchev–Trinajstić information content (AvgIpc) is 2.23. The molecule has 0 radical (unpaired) electrons. The number of amides is 1. The molecule has 0 atom stereocenters. The number of nitrogens with one attached hydrogen (secondary N) is 1. The van der Waals surface area contributed by atoms with Gasteiger partial charge in [0.1, 0.15) is 0 Å². The molecule has 1 amide bonds. The molecule has 18 heavy (non-hydrogen) atoms. The van der Waals surface area contributed by atoms with Gasteiger partial charge in [-0.1, -0.05) is 19.1 Å². The van der Waals surface area contributed by atoms with Crippen molar-refractivity contribution in [3.05, 3.63) is 12.2 Å². The van der Waals surface area contributed by atoms with Gasteiger partial charge in [0, 0.05) is 32.2 Å². The van der Waals surface area contributed by atoms with E-state index in [1.165, 1.54) is 0 Å². The van der Waals surface area contributed by atoms with Crippen LogP contribution in [0.25, 0.3) is 0 Å². The van der Waals surface area contributed by atoms with E-state index in [2.05, 4.69) is 23.7 Å². The zero-order valence-electron chi connectivity index (χ0n) is 12.0. The van der Waals surface area contributed by atoms with E-state index in [4.69, 9.17) is 0 Å². The molecule has 4 nitrogen and oxygen atoms in total. The van der Waals surface area contributed by atoms with Gasteiger partial charge in [0.15, 0.2) is 0 Å². The van der Waals surface area contributed by atoms with Crippen molar-refractivity contribution in [3.8, 4) is 0 Å². The van der Waals surface area contributed by atoms with Gasteiger partial charge in [-0.05, 0) is 26.8 Å². The lowest BCUT2D eigenvalue weighted by Crippen LogP contribution is -2.59. The van der Waals surface area contributed by atoms with Crippen LogP contribution in [-0.4, -0.2) is 61.0 Å². The second-order valence-electron chi connectivity index (χ2n) is 5.15. The van der Waals surface area contributed by atoms with E-state index in [0.29, 0.717) is 19.1 Å². The molecule has 0 saturated carbocycles. The predicted octanol–water partition coefficient (Wildman–Crippen LogP) is 1.09. The summed E-state index contributed by atoms with van der Waals surface area (Å²) in [6.45, 7) is 15.0. The van der Waals surface area contributed by atoms with Crippen molar-refractivity contribution < 1.29 is 4.79 Å². The SMILES string of the molecule is C=C(C)CN(CC)C(=O)CN(CCC)C1CNC1. The summed E-state index contributed by atoms with van der Waals surface area (Å²) in [6, 6.07) is 0.539. The average molecular weight is 253 g/mol. The van der Waals surface area contributed by atoms with E-state index in [1.807, 2.05) is 18.7 Å². The third kappa shape index (κ3) is 4.42. The first-order chi connectivity index (χ1) is 8.58. The van der Waals surface area contributed by atoms with E-state index in [1.54, 1.807) is 0 Å². The Morgan fingerprint density at radius 1 is 1.33 bits per heavy atom. The molecule has 1 N–H and O–H groups in total. The van der Waals surface area contributed by atoms with Crippen molar-refractivity contribution in [1.29, 1.82) is 0 Å². The summed E-state index contributed by atoms with van der Waals surface area (Å²) in [7, 11) is 0. The highest BCUT2D eigenvalue weighted by atomic mass is 16.2. The largest absolute Gasteiger partial charge is 0.338 e. The van der Waals surface area contributed by atoms with Gasteiger partial charge in [-0.15, -0.1) is 0 Å². The molecule has 1 aliphatic heterocycles. The lowest BCUT2D eigenvalue weighted by molar-refractivity contribution is -0.132. The lowest BCUT2D eigenvalue weighted by atomic mass is 10.1. The molecule has 0 aliphatic carbocycles. The Labute approximate surface area is 111 Å². The van der Waals surface area contributed by atoms with Crippen LogP contribution in [0.2, 0.25) is 0 Å². The fourth-order valence-electron chi connectivity index (χ4n) is 2.19. The first-order valence-electron chi connectivity index (χ1n) is 6.95. The number of hydrogen-bond acceptors (Lipinski definition) is 3. The fraction of sp³-hybridized carbons (Fsp3) is 0.786. The quantitative estimate of drug-likeness (QED) is 0.658. The first-order valence-corrected chi connectivity index (χ1v) is 6.95. The number of rotatable bonds is 8. The van der Waals surface area contributed by atoms with Crippen molar-refractivity contribution >= 4 is 5.91 Å². The van der Waals surface area contributed by atoms with Crippen LogP contribution < -0.4 is 5.32 Å². The summed E-state index contributed by atoms with van der Waals surface area (Å²) in [6.07, 6.45) is 1.09. The Morgan fingerprint density at radius 3 is 2.39 bits per heavy atom. The Bertz CT molecular complexity index is 287. The van der Waals surface area contributed by atoms with Crippen LogP contribution in [0.5, 0.6) is 0 Å². The third-order valence-electron chi connectivity index (χ3n) is 3.32. The zero-order chi connectivity index (χ0) is 13.5. The third-order valence-corrected chi connectivity index (χ3v) is 3.32. The summed E-state index contributed by atoms with van der Waals surface area (Å²) < 4.78 is 0. The van der Waals surface area contributed by atoms with Gasteiger partial charge in [0.05, 0.1) is 6.54 Å². The van der Waals surface area contributed by atoms with Gasteiger partial charge < -0.3 is 10.2 Å². The number of carbonyl (C=O) groups excluding carboxylic acids is 1. The molecular formula is C14H27N3O.